The molecule has 4 rings (SSSR count). The minimum atomic E-state index is -0.946. The summed E-state index contributed by atoms with van der Waals surface area (Å²) in [4.78, 5) is 0. The lowest BCUT2D eigenvalue weighted by atomic mass is 9.91. The summed E-state index contributed by atoms with van der Waals surface area (Å²) >= 11 is 1.32. The SMILES string of the molecule is CC(c1cccc(C2(c3ccccc3)OC=CO2)c1)c1cc(N)sn1. The Kier molecular flexibility index (Phi) is 3.93. The Hall–Kier alpha value is -2.79. The summed E-state index contributed by atoms with van der Waals surface area (Å²) in [6.45, 7) is 2.12. The van der Waals surface area contributed by atoms with Crippen LogP contribution in [0.15, 0.2) is 73.2 Å². The number of ether oxygens (including phenoxy) is 2. The molecule has 0 amide bonds. The maximum atomic E-state index is 5.92. The number of nitrogen functional groups attached to an aromatic ring is 1. The Bertz CT molecular complexity index is 897. The van der Waals surface area contributed by atoms with Gasteiger partial charge in [-0.25, -0.2) is 0 Å². The van der Waals surface area contributed by atoms with Crippen molar-refractivity contribution in [2.24, 2.45) is 0 Å². The molecule has 1 aromatic heterocycles. The number of rotatable bonds is 4. The van der Waals surface area contributed by atoms with Crippen LogP contribution in [-0.2, 0) is 15.3 Å². The van der Waals surface area contributed by atoms with Crippen LogP contribution < -0.4 is 5.73 Å². The van der Waals surface area contributed by atoms with E-state index in [1.165, 1.54) is 11.5 Å². The van der Waals surface area contributed by atoms with Gasteiger partial charge in [-0.05, 0) is 29.2 Å². The van der Waals surface area contributed by atoms with Crippen LogP contribution in [0.1, 0.15) is 35.2 Å². The van der Waals surface area contributed by atoms with Crippen LogP contribution >= 0.6 is 11.5 Å². The number of hydrogen-bond acceptors (Lipinski definition) is 5. The molecular formula is C20H18N2O2S. The van der Waals surface area contributed by atoms with Gasteiger partial charge >= 0.3 is 5.79 Å². The highest BCUT2D eigenvalue weighted by molar-refractivity contribution is 7.10. The second-order valence-corrected chi connectivity index (χ2v) is 6.83. The Morgan fingerprint density at radius 1 is 0.960 bits per heavy atom. The fourth-order valence-corrected chi connectivity index (χ4v) is 3.66. The molecule has 2 aromatic carbocycles. The van der Waals surface area contributed by atoms with E-state index in [4.69, 9.17) is 15.2 Å². The molecule has 4 nitrogen and oxygen atoms in total. The van der Waals surface area contributed by atoms with Crippen LogP contribution in [0, 0.1) is 0 Å². The van der Waals surface area contributed by atoms with Gasteiger partial charge < -0.3 is 15.2 Å². The maximum absolute atomic E-state index is 5.92. The minimum absolute atomic E-state index is 0.135. The van der Waals surface area contributed by atoms with E-state index in [2.05, 4.69) is 23.4 Å². The van der Waals surface area contributed by atoms with Crippen LogP contribution in [0.4, 0.5) is 5.00 Å². The first kappa shape index (κ1) is 15.7. The second kappa shape index (κ2) is 6.26. The standard InChI is InChI=1S/C20H18N2O2S/c1-14(18-13-19(21)25-22-18)15-6-5-9-17(12-15)20(23-10-11-24-20)16-7-3-2-4-8-16/h2-14H,21H2,1H3. The van der Waals surface area contributed by atoms with Crippen molar-refractivity contribution in [3.05, 3.63) is 95.6 Å². The minimum Gasteiger partial charge on any atom is -0.449 e. The fourth-order valence-electron chi connectivity index (χ4n) is 3.06. The molecule has 1 aliphatic heterocycles. The van der Waals surface area contributed by atoms with E-state index in [-0.39, 0.29) is 5.92 Å². The van der Waals surface area contributed by atoms with Crippen molar-refractivity contribution >= 4 is 16.5 Å². The molecule has 0 saturated carbocycles. The molecule has 3 aromatic rings. The molecule has 0 saturated heterocycles. The number of anilines is 1. The molecule has 0 spiro atoms. The van der Waals surface area contributed by atoms with Crippen molar-refractivity contribution in [3.8, 4) is 0 Å². The maximum Gasteiger partial charge on any atom is 0.304 e. The lowest BCUT2D eigenvalue weighted by molar-refractivity contribution is -0.112. The Labute approximate surface area is 150 Å². The van der Waals surface area contributed by atoms with E-state index in [1.54, 1.807) is 12.5 Å². The van der Waals surface area contributed by atoms with Crippen LogP contribution in [0.5, 0.6) is 0 Å². The van der Waals surface area contributed by atoms with Gasteiger partial charge in [0.15, 0.2) is 0 Å². The van der Waals surface area contributed by atoms with Gasteiger partial charge in [0.1, 0.15) is 17.5 Å². The van der Waals surface area contributed by atoms with Crippen LogP contribution in [0.25, 0.3) is 0 Å². The first-order valence-electron chi connectivity index (χ1n) is 8.08. The third kappa shape index (κ3) is 2.76. The van der Waals surface area contributed by atoms with Gasteiger partial charge in [0.05, 0.1) is 5.69 Å². The van der Waals surface area contributed by atoms with Crippen molar-refractivity contribution in [2.75, 3.05) is 5.73 Å². The molecule has 126 valence electrons. The molecule has 2 N–H and O–H groups in total. The summed E-state index contributed by atoms with van der Waals surface area (Å²) in [6.07, 6.45) is 3.18. The van der Waals surface area contributed by atoms with Gasteiger partial charge in [-0.15, -0.1) is 0 Å². The molecule has 1 unspecified atom stereocenters. The van der Waals surface area contributed by atoms with Crippen LogP contribution in [-0.4, -0.2) is 4.37 Å². The zero-order valence-corrected chi connectivity index (χ0v) is 14.6. The van der Waals surface area contributed by atoms with E-state index in [0.29, 0.717) is 0 Å². The van der Waals surface area contributed by atoms with Gasteiger partial charge in [-0.3, -0.25) is 0 Å². The van der Waals surface area contributed by atoms with Gasteiger partial charge in [-0.1, -0.05) is 55.5 Å². The van der Waals surface area contributed by atoms with E-state index >= 15 is 0 Å². The third-order valence-corrected chi connectivity index (χ3v) is 5.07. The monoisotopic (exact) mass is 350 g/mol. The molecule has 0 aliphatic carbocycles. The molecule has 1 atom stereocenters. The van der Waals surface area contributed by atoms with Gasteiger partial charge in [-0.2, -0.15) is 4.37 Å². The van der Waals surface area contributed by atoms with E-state index < -0.39 is 5.79 Å². The first-order chi connectivity index (χ1) is 12.2. The van der Waals surface area contributed by atoms with E-state index in [9.17, 15) is 0 Å². The molecule has 1 aliphatic rings. The molecule has 0 radical (unpaired) electrons. The van der Waals surface area contributed by atoms with E-state index in [0.717, 1.165) is 27.4 Å². The van der Waals surface area contributed by atoms with Crippen LogP contribution in [0.2, 0.25) is 0 Å². The summed E-state index contributed by atoms with van der Waals surface area (Å²) in [5, 5.41) is 0.727. The Balaban J connectivity index is 1.75. The normalized spacial score (nSPS) is 16.2. The third-order valence-electron chi connectivity index (χ3n) is 4.43. The molecule has 25 heavy (non-hydrogen) atoms. The Morgan fingerprint density at radius 2 is 1.68 bits per heavy atom. The van der Waals surface area contributed by atoms with Gasteiger partial charge in [0, 0.05) is 17.0 Å². The summed E-state index contributed by atoms with van der Waals surface area (Å²) in [5.74, 6) is -0.811. The highest BCUT2D eigenvalue weighted by Gasteiger charge is 2.40. The quantitative estimate of drug-likeness (QED) is 0.747. The lowest BCUT2D eigenvalue weighted by Gasteiger charge is -2.29. The topological polar surface area (TPSA) is 57.4 Å². The lowest BCUT2D eigenvalue weighted by Crippen LogP contribution is -2.28. The zero-order chi connectivity index (χ0) is 17.3. The van der Waals surface area contributed by atoms with Crippen molar-refractivity contribution < 1.29 is 9.47 Å². The average molecular weight is 350 g/mol. The highest BCUT2D eigenvalue weighted by atomic mass is 32.1. The number of benzene rings is 2. The molecular weight excluding hydrogens is 332 g/mol. The fraction of sp³-hybridized carbons (Fsp3) is 0.150. The number of hydrogen-bond donors (Lipinski definition) is 1. The summed E-state index contributed by atoms with van der Waals surface area (Å²) in [6, 6.07) is 20.1. The molecule has 0 bridgehead atoms. The smallest absolute Gasteiger partial charge is 0.304 e. The summed E-state index contributed by atoms with van der Waals surface area (Å²) in [5.41, 5.74) is 9.82. The first-order valence-corrected chi connectivity index (χ1v) is 8.85. The summed E-state index contributed by atoms with van der Waals surface area (Å²) < 4.78 is 16.3. The molecule has 5 heteroatoms. The second-order valence-electron chi connectivity index (χ2n) is 5.99. The zero-order valence-electron chi connectivity index (χ0n) is 13.8. The largest absolute Gasteiger partial charge is 0.449 e. The Morgan fingerprint density at radius 3 is 2.36 bits per heavy atom. The van der Waals surface area contributed by atoms with Gasteiger partial charge in [0.2, 0.25) is 0 Å². The van der Waals surface area contributed by atoms with Crippen molar-refractivity contribution in [1.82, 2.24) is 4.37 Å². The molecule has 0 fully saturated rings. The predicted molar refractivity (Wildman–Crippen MR) is 99.0 cm³/mol. The van der Waals surface area contributed by atoms with Gasteiger partial charge in [0.25, 0.3) is 0 Å². The van der Waals surface area contributed by atoms with Crippen molar-refractivity contribution in [1.29, 1.82) is 0 Å². The molecule has 2 heterocycles. The van der Waals surface area contributed by atoms with Crippen molar-refractivity contribution in [3.63, 3.8) is 0 Å². The predicted octanol–water partition coefficient (Wildman–Crippen LogP) is 4.60. The highest BCUT2D eigenvalue weighted by Crippen LogP contribution is 2.40. The number of nitrogens with zero attached hydrogens (tertiary/aromatic N) is 1. The average Bonchev–Trinajstić information content (AvgIpc) is 3.32. The number of aromatic nitrogens is 1. The summed E-state index contributed by atoms with van der Waals surface area (Å²) in [7, 11) is 0. The van der Waals surface area contributed by atoms with E-state index in [1.807, 2.05) is 48.5 Å². The van der Waals surface area contributed by atoms with Crippen LogP contribution in [0.3, 0.4) is 0 Å². The van der Waals surface area contributed by atoms with Crippen molar-refractivity contribution in [2.45, 2.75) is 18.6 Å². The number of nitrogens with two attached hydrogens (primary N) is 1.